The maximum atomic E-state index is 12.3. The fraction of sp³-hybridized carbons (Fsp3) is 0.389. The molecule has 1 aromatic rings. The van der Waals surface area contributed by atoms with Crippen LogP contribution in [-0.2, 0) is 14.3 Å². The number of rotatable bonds is 7. The molecule has 162 valence electrons. The Kier molecular flexibility index (Phi) is 7.14. The van der Waals surface area contributed by atoms with Gasteiger partial charge >= 0.3 is 18.2 Å². The third-order valence-electron chi connectivity index (χ3n) is 3.96. The van der Waals surface area contributed by atoms with Crippen molar-refractivity contribution in [3.63, 3.8) is 0 Å². The Morgan fingerprint density at radius 2 is 1.77 bits per heavy atom. The van der Waals surface area contributed by atoms with Crippen molar-refractivity contribution in [2.45, 2.75) is 25.9 Å². The molecule has 0 radical (unpaired) electrons. The second kappa shape index (κ2) is 9.37. The fourth-order valence-electron chi connectivity index (χ4n) is 2.59. The molecule has 5 amide bonds. The number of ether oxygens (including phenoxy) is 1. The summed E-state index contributed by atoms with van der Waals surface area (Å²) in [7, 11) is 0. The highest BCUT2D eigenvalue weighted by Crippen LogP contribution is 2.24. The van der Waals surface area contributed by atoms with Gasteiger partial charge in [-0.3, -0.25) is 29.4 Å². The number of benzene rings is 1. The van der Waals surface area contributed by atoms with Gasteiger partial charge < -0.3 is 10.1 Å². The molecule has 0 aromatic heterocycles. The number of esters is 1. The van der Waals surface area contributed by atoms with E-state index in [2.05, 4.69) is 4.74 Å². The van der Waals surface area contributed by atoms with Crippen molar-refractivity contribution >= 4 is 29.7 Å². The number of amides is 5. The van der Waals surface area contributed by atoms with E-state index in [1.165, 1.54) is 5.32 Å². The molecule has 1 aromatic carbocycles. The van der Waals surface area contributed by atoms with Crippen LogP contribution in [0.25, 0.3) is 0 Å². The number of hydrogen-bond acceptors (Lipinski definition) is 6. The number of nitrogens with zero attached hydrogens (tertiary/aromatic N) is 1. The Morgan fingerprint density at radius 1 is 1.10 bits per heavy atom. The molecule has 9 nitrogen and oxygen atoms in total. The van der Waals surface area contributed by atoms with Crippen LogP contribution >= 0.6 is 0 Å². The number of carbonyl (C=O) groups excluding carboxylic acids is 5. The highest BCUT2D eigenvalue weighted by atomic mass is 19.4. The molecule has 12 heteroatoms. The van der Waals surface area contributed by atoms with Crippen molar-refractivity contribution in [3.8, 4) is 0 Å². The quantitative estimate of drug-likeness (QED) is 0.498. The molecule has 0 spiro atoms. The number of fused-ring (bicyclic) bond motifs is 1. The largest absolute Gasteiger partial charge is 0.456 e. The van der Waals surface area contributed by atoms with Gasteiger partial charge in [0.15, 0.2) is 6.61 Å². The first-order chi connectivity index (χ1) is 14.0. The highest BCUT2D eigenvalue weighted by molar-refractivity contribution is 6.21. The first-order valence-electron chi connectivity index (χ1n) is 8.75. The molecule has 0 unspecified atom stereocenters. The lowest BCUT2D eigenvalue weighted by Crippen LogP contribution is -2.44. The van der Waals surface area contributed by atoms with E-state index in [-0.39, 0.29) is 24.9 Å². The van der Waals surface area contributed by atoms with Crippen molar-refractivity contribution in [1.29, 1.82) is 0 Å². The van der Waals surface area contributed by atoms with E-state index in [1.807, 2.05) is 0 Å². The Balaban J connectivity index is 1.69. The zero-order valence-corrected chi connectivity index (χ0v) is 15.8. The van der Waals surface area contributed by atoms with E-state index < -0.39 is 49.0 Å². The third-order valence-corrected chi connectivity index (χ3v) is 3.96. The molecule has 1 aliphatic heterocycles. The molecule has 0 saturated heterocycles. The van der Waals surface area contributed by atoms with Crippen LogP contribution in [0.2, 0.25) is 0 Å². The van der Waals surface area contributed by atoms with Crippen molar-refractivity contribution in [2.75, 3.05) is 19.7 Å². The van der Waals surface area contributed by atoms with Crippen LogP contribution in [0, 0.1) is 6.92 Å². The van der Waals surface area contributed by atoms with Crippen molar-refractivity contribution in [2.24, 2.45) is 0 Å². The minimum atomic E-state index is -4.63. The number of urea groups is 1. The van der Waals surface area contributed by atoms with Crippen LogP contribution in [0.15, 0.2) is 18.2 Å². The maximum Gasteiger partial charge on any atom is 0.405 e. The van der Waals surface area contributed by atoms with Crippen LogP contribution in [0.4, 0.5) is 18.0 Å². The van der Waals surface area contributed by atoms with Crippen LogP contribution in [0.1, 0.15) is 39.1 Å². The van der Waals surface area contributed by atoms with Gasteiger partial charge in [-0.1, -0.05) is 11.6 Å². The van der Waals surface area contributed by atoms with Crippen LogP contribution in [0.5, 0.6) is 0 Å². The summed E-state index contributed by atoms with van der Waals surface area (Å²) in [5, 5.41) is 2.99. The summed E-state index contributed by atoms with van der Waals surface area (Å²) >= 11 is 0. The second-order valence-electron chi connectivity index (χ2n) is 6.42. The molecular weight excluding hydrogens is 411 g/mol. The summed E-state index contributed by atoms with van der Waals surface area (Å²) < 4.78 is 40.4. The number of halogens is 3. The van der Waals surface area contributed by atoms with E-state index in [4.69, 9.17) is 0 Å². The van der Waals surface area contributed by atoms with Crippen LogP contribution in [-0.4, -0.2) is 60.5 Å². The Morgan fingerprint density at radius 3 is 2.43 bits per heavy atom. The topological polar surface area (TPSA) is 122 Å². The van der Waals surface area contributed by atoms with Gasteiger partial charge in [-0.15, -0.1) is 0 Å². The fourth-order valence-corrected chi connectivity index (χ4v) is 2.59. The standard InChI is InChI=1S/C18H18F3N3O6/c1-10-4-5-11-12(7-10)16(28)24(15(11)27)6-2-3-14(26)30-8-13(25)23-17(29)22-9-18(19,20)21/h4-5,7H,2-3,6,8-9H2,1H3,(H2,22,23,25,29). The molecule has 2 rings (SSSR count). The molecule has 0 saturated carbocycles. The summed E-state index contributed by atoms with van der Waals surface area (Å²) in [4.78, 5) is 59.7. The molecule has 1 aliphatic rings. The Labute approximate surface area is 168 Å². The maximum absolute atomic E-state index is 12.3. The van der Waals surface area contributed by atoms with Crippen molar-refractivity contribution < 1.29 is 41.9 Å². The van der Waals surface area contributed by atoms with Gasteiger partial charge in [0.05, 0.1) is 11.1 Å². The molecule has 1 heterocycles. The first kappa shape index (κ1) is 22.8. The van der Waals surface area contributed by atoms with Gasteiger partial charge in [-0.25, -0.2) is 4.79 Å². The van der Waals surface area contributed by atoms with E-state index in [9.17, 15) is 37.1 Å². The number of imide groups is 2. The number of alkyl halides is 3. The summed E-state index contributed by atoms with van der Waals surface area (Å²) in [6.45, 7) is -0.743. The van der Waals surface area contributed by atoms with Crippen molar-refractivity contribution in [1.82, 2.24) is 15.5 Å². The molecule has 0 atom stereocenters. The third kappa shape index (κ3) is 6.29. The van der Waals surface area contributed by atoms with E-state index in [1.54, 1.807) is 30.4 Å². The van der Waals surface area contributed by atoms with Crippen LogP contribution < -0.4 is 10.6 Å². The first-order valence-corrected chi connectivity index (χ1v) is 8.75. The average molecular weight is 429 g/mol. The zero-order valence-electron chi connectivity index (χ0n) is 15.8. The lowest BCUT2D eigenvalue weighted by atomic mass is 10.1. The molecule has 30 heavy (non-hydrogen) atoms. The van der Waals surface area contributed by atoms with E-state index in [0.717, 1.165) is 10.5 Å². The molecular formula is C18H18F3N3O6. The predicted octanol–water partition coefficient (Wildman–Crippen LogP) is 1.30. The number of hydrogen-bond donors (Lipinski definition) is 2. The lowest BCUT2D eigenvalue weighted by molar-refractivity contribution is -0.148. The number of carbonyl (C=O) groups is 5. The zero-order chi connectivity index (χ0) is 22.5. The summed E-state index contributed by atoms with van der Waals surface area (Å²) in [6.07, 6.45) is -4.78. The summed E-state index contributed by atoms with van der Waals surface area (Å²) in [6, 6.07) is 3.49. The molecule has 0 fully saturated rings. The summed E-state index contributed by atoms with van der Waals surface area (Å²) in [5.74, 6) is -2.88. The number of aryl methyl sites for hydroxylation is 1. The summed E-state index contributed by atoms with van der Waals surface area (Å²) in [5.41, 5.74) is 1.40. The van der Waals surface area contributed by atoms with Gasteiger partial charge in [-0.05, 0) is 25.5 Å². The molecule has 2 N–H and O–H groups in total. The predicted molar refractivity (Wildman–Crippen MR) is 94.3 cm³/mol. The molecule has 0 bridgehead atoms. The van der Waals surface area contributed by atoms with E-state index >= 15 is 0 Å². The minimum Gasteiger partial charge on any atom is -0.456 e. The van der Waals surface area contributed by atoms with E-state index in [0.29, 0.717) is 5.56 Å². The average Bonchev–Trinajstić information content (AvgIpc) is 2.88. The minimum absolute atomic E-state index is 0.0352. The highest BCUT2D eigenvalue weighted by Gasteiger charge is 2.35. The van der Waals surface area contributed by atoms with Gasteiger partial charge in [0, 0.05) is 13.0 Å². The van der Waals surface area contributed by atoms with Crippen molar-refractivity contribution in [3.05, 3.63) is 34.9 Å². The van der Waals surface area contributed by atoms with Crippen LogP contribution in [0.3, 0.4) is 0 Å². The van der Waals surface area contributed by atoms with Gasteiger partial charge in [0.25, 0.3) is 17.7 Å². The molecule has 0 aliphatic carbocycles. The SMILES string of the molecule is Cc1ccc2c(c1)C(=O)N(CCCC(=O)OCC(=O)NC(=O)NCC(F)(F)F)C2=O. The Hall–Kier alpha value is -3.44. The number of nitrogens with one attached hydrogen (secondary N) is 2. The van der Waals surface area contributed by atoms with Gasteiger partial charge in [0.2, 0.25) is 0 Å². The Bertz CT molecular complexity index is 884. The normalized spacial score (nSPS) is 13.1. The second-order valence-corrected chi connectivity index (χ2v) is 6.42. The lowest BCUT2D eigenvalue weighted by Gasteiger charge is -2.13. The smallest absolute Gasteiger partial charge is 0.405 e. The monoisotopic (exact) mass is 429 g/mol. The van der Waals surface area contributed by atoms with Gasteiger partial charge in [-0.2, -0.15) is 13.2 Å². The van der Waals surface area contributed by atoms with Gasteiger partial charge in [0.1, 0.15) is 6.54 Å².